The van der Waals surface area contributed by atoms with Crippen molar-refractivity contribution in [2.45, 2.75) is 88.7 Å². The number of allylic oxidation sites excluding steroid dienone is 2. The molecule has 0 aromatic rings. The summed E-state index contributed by atoms with van der Waals surface area (Å²) in [7, 11) is 0. The van der Waals surface area contributed by atoms with Gasteiger partial charge in [-0.15, -0.1) is 0 Å². The lowest BCUT2D eigenvalue weighted by atomic mass is 9.94. The van der Waals surface area contributed by atoms with Crippen LogP contribution in [-0.4, -0.2) is 23.9 Å². The van der Waals surface area contributed by atoms with Gasteiger partial charge in [-0.3, -0.25) is 0 Å². The van der Waals surface area contributed by atoms with E-state index in [1.807, 2.05) is 0 Å². The van der Waals surface area contributed by atoms with E-state index in [1.165, 1.54) is 22.6 Å². The second-order valence-corrected chi connectivity index (χ2v) is 7.48. The van der Waals surface area contributed by atoms with Crippen LogP contribution in [0.4, 0.5) is 39.5 Å². The van der Waals surface area contributed by atoms with Gasteiger partial charge < -0.3 is 0 Å². The molecular formula is C16H22F9I. The molecule has 1 unspecified atom stereocenters. The second kappa shape index (κ2) is 10.4. The number of halogens is 10. The average molecular weight is 512 g/mol. The fourth-order valence-electron chi connectivity index (χ4n) is 2.27. The molecule has 0 radical (unpaired) electrons. The molecule has 0 heterocycles. The molecule has 0 bridgehead atoms. The van der Waals surface area contributed by atoms with E-state index in [1.54, 1.807) is 0 Å². The minimum atomic E-state index is -6.66. The Labute approximate surface area is 160 Å². The van der Waals surface area contributed by atoms with Gasteiger partial charge in [0.15, 0.2) is 0 Å². The average Bonchev–Trinajstić information content (AvgIpc) is 2.47. The molecule has 0 saturated heterocycles. The third kappa shape index (κ3) is 7.10. The van der Waals surface area contributed by atoms with Crippen molar-refractivity contribution in [2.75, 3.05) is 0 Å². The molecule has 0 aromatic carbocycles. The Bertz CT molecular complexity index is 440. The number of unbranched alkanes of at least 4 members (excludes halogenated alkanes) is 7. The maximum atomic E-state index is 13.9. The van der Waals surface area contributed by atoms with E-state index in [9.17, 15) is 39.5 Å². The monoisotopic (exact) mass is 512 g/mol. The van der Waals surface area contributed by atoms with Crippen LogP contribution in [0.2, 0.25) is 0 Å². The fourth-order valence-corrected chi connectivity index (χ4v) is 3.08. The third-order valence-corrected chi connectivity index (χ3v) is 4.70. The normalized spacial score (nSPS) is 16.7. The summed E-state index contributed by atoms with van der Waals surface area (Å²) < 4.78 is 115. The first-order valence-electron chi connectivity index (χ1n) is 8.28. The Hall–Kier alpha value is -0.160. The fraction of sp³-hybridized carbons (Fsp3) is 0.875. The van der Waals surface area contributed by atoms with Crippen molar-refractivity contribution in [1.29, 1.82) is 0 Å². The molecule has 1 atom stereocenters. The zero-order chi connectivity index (χ0) is 20.6. The molecule has 0 nitrogen and oxygen atoms in total. The summed E-state index contributed by atoms with van der Waals surface area (Å²) in [6.45, 7) is 2.06. The molecule has 26 heavy (non-hydrogen) atoms. The summed E-state index contributed by atoms with van der Waals surface area (Å²) in [4.78, 5) is 0. The van der Waals surface area contributed by atoms with Gasteiger partial charge in [-0.25, -0.2) is 4.39 Å². The molecule has 0 rings (SSSR count). The molecule has 0 aliphatic rings. The zero-order valence-electron chi connectivity index (χ0n) is 14.2. The van der Waals surface area contributed by atoms with E-state index in [0.717, 1.165) is 38.5 Å². The van der Waals surface area contributed by atoms with Crippen molar-refractivity contribution >= 4 is 22.6 Å². The maximum absolute atomic E-state index is 13.9. The summed E-state index contributed by atoms with van der Waals surface area (Å²) in [5.41, 5.74) is -5.80. The van der Waals surface area contributed by atoms with Crippen LogP contribution in [0.3, 0.4) is 0 Å². The number of rotatable bonds is 11. The van der Waals surface area contributed by atoms with Crippen molar-refractivity contribution in [3.8, 4) is 0 Å². The van der Waals surface area contributed by atoms with Gasteiger partial charge >= 0.3 is 18.3 Å². The Balaban J connectivity index is 4.86. The van der Waals surface area contributed by atoms with E-state index < -0.39 is 33.6 Å². The van der Waals surface area contributed by atoms with E-state index in [4.69, 9.17) is 0 Å². The summed E-state index contributed by atoms with van der Waals surface area (Å²) in [5, 5.41) is 0. The van der Waals surface area contributed by atoms with Gasteiger partial charge in [0.25, 0.3) is 5.67 Å². The molecule has 156 valence electrons. The van der Waals surface area contributed by atoms with Crippen molar-refractivity contribution in [1.82, 2.24) is 0 Å². The van der Waals surface area contributed by atoms with Crippen LogP contribution in [0, 0.1) is 0 Å². The summed E-state index contributed by atoms with van der Waals surface area (Å²) >= 11 is 1.17. The third-order valence-electron chi connectivity index (χ3n) is 3.85. The summed E-state index contributed by atoms with van der Waals surface area (Å²) in [6.07, 6.45) is -7.11. The lowest BCUT2D eigenvalue weighted by Gasteiger charge is -2.34. The highest BCUT2D eigenvalue weighted by Crippen LogP contribution is 2.54. The standard InChI is InChI=1S/C16H22F9I/c1-2-3-4-5-6-7-8-9-10-12(26)11-13(17,15(20,21)22)14(18,19)16(23,24)25/h11H,2-10H2,1H3. The Kier molecular flexibility index (Phi) is 10.3. The summed E-state index contributed by atoms with van der Waals surface area (Å²) in [6, 6.07) is 0. The van der Waals surface area contributed by atoms with Gasteiger partial charge in [0.1, 0.15) is 0 Å². The van der Waals surface area contributed by atoms with Gasteiger partial charge in [0.05, 0.1) is 0 Å². The molecular weight excluding hydrogens is 490 g/mol. The van der Waals surface area contributed by atoms with Crippen LogP contribution >= 0.6 is 22.6 Å². The van der Waals surface area contributed by atoms with Gasteiger partial charge in [-0.1, -0.05) is 51.9 Å². The van der Waals surface area contributed by atoms with Crippen LogP contribution in [0.5, 0.6) is 0 Å². The van der Waals surface area contributed by atoms with E-state index >= 15 is 0 Å². The van der Waals surface area contributed by atoms with Crippen LogP contribution < -0.4 is 0 Å². The Morgan fingerprint density at radius 2 is 1.12 bits per heavy atom. The Morgan fingerprint density at radius 3 is 1.50 bits per heavy atom. The largest absolute Gasteiger partial charge is 0.457 e. The first kappa shape index (κ1) is 25.8. The highest BCUT2D eigenvalue weighted by atomic mass is 127. The molecule has 0 aliphatic carbocycles. The minimum Gasteiger partial charge on any atom is -0.222 e. The number of alkyl halides is 9. The predicted molar refractivity (Wildman–Crippen MR) is 90.2 cm³/mol. The molecule has 0 fully saturated rings. The topological polar surface area (TPSA) is 0 Å². The smallest absolute Gasteiger partial charge is 0.222 e. The highest BCUT2D eigenvalue weighted by Gasteiger charge is 2.80. The minimum absolute atomic E-state index is 0.189. The molecule has 10 heteroatoms. The van der Waals surface area contributed by atoms with Crippen molar-refractivity contribution in [3.05, 3.63) is 9.66 Å². The molecule has 0 aromatic heterocycles. The van der Waals surface area contributed by atoms with Crippen molar-refractivity contribution in [3.63, 3.8) is 0 Å². The zero-order valence-corrected chi connectivity index (χ0v) is 16.4. The molecule has 0 amide bonds. The van der Waals surface area contributed by atoms with Crippen LogP contribution in [0.15, 0.2) is 9.66 Å². The van der Waals surface area contributed by atoms with Crippen LogP contribution in [-0.2, 0) is 0 Å². The quantitative estimate of drug-likeness (QED) is 0.148. The van der Waals surface area contributed by atoms with Crippen LogP contribution in [0.1, 0.15) is 64.7 Å². The van der Waals surface area contributed by atoms with Gasteiger partial charge in [0.2, 0.25) is 0 Å². The summed E-state index contributed by atoms with van der Waals surface area (Å²) in [5.74, 6) is -6.58. The second-order valence-electron chi connectivity index (χ2n) is 6.10. The van der Waals surface area contributed by atoms with Crippen LogP contribution in [0.25, 0.3) is 0 Å². The van der Waals surface area contributed by atoms with Gasteiger partial charge in [-0.2, -0.15) is 35.1 Å². The lowest BCUT2D eigenvalue weighted by molar-refractivity contribution is -0.369. The number of hydrogen-bond acceptors (Lipinski definition) is 0. The van der Waals surface area contributed by atoms with Crippen molar-refractivity contribution in [2.24, 2.45) is 0 Å². The molecule has 0 N–H and O–H groups in total. The lowest BCUT2D eigenvalue weighted by Crippen LogP contribution is -2.61. The van der Waals surface area contributed by atoms with Crippen molar-refractivity contribution < 1.29 is 39.5 Å². The highest BCUT2D eigenvalue weighted by molar-refractivity contribution is 14.1. The maximum Gasteiger partial charge on any atom is 0.457 e. The first-order valence-corrected chi connectivity index (χ1v) is 9.36. The molecule has 0 aliphatic heterocycles. The first-order chi connectivity index (χ1) is 11.7. The van der Waals surface area contributed by atoms with Gasteiger partial charge in [-0.05, 0) is 45.1 Å². The molecule has 0 saturated carbocycles. The van der Waals surface area contributed by atoms with E-state index in [-0.39, 0.29) is 12.8 Å². The van der Waals surface area contributed by atoms with E-state index in [2.05, 4.69) is 6.92 Å². The SMILES string of the molecule is CCCCCCCCCCC(I)=CC(F)(C(F)(F)F)C(F)(F)C(F)(F)F. The number of hydrogen-bond donors (Lipinski definition) is 0. The van der Waals surface area contributed by atoms with E-state index in [0.29, 0.717) is 6.42 Å². The van der Waals surface area contributed by atoms with Gasteiger partial charge in [0, 0.05) is 0 Å². The molecule has 0 spiro atoms. The predicted octanol–water partition coefficient (Wildman–Crippen LogP) is 8.30. The Morgan fingerprint density at radius 1 is 0.692 bits per heavy atom.